The van der Waals surface area contributed by atoms with Crippen molar-refractivity contribution in [2.24, 2.45) is 0 Å². The molecule has 1 N–H and O–H groups in total. The van der Waals surface area contributed by atoms with E-state index in [4.69, 9.17) is 4.74 Å². The first kappa shape index (κ1) is 18.7. The number of hydrogen-bond donors (Lipinski definition) is 1. The lowest BCUT2D eigenvalue weighted by molar-refractivity contribution is -0.137. The van der Waals surface area contributed by atoms with Crippen LogP contribution < -0.4 is 5.32 Å². The Kier molecular flexibility index (Phi) is 5.49. The number of nitrogens with one attached hydrogen (secondary N) is 1. The van der Waals surface area contributed by atoms with E-state index < -0.39 is 17.8 Å². The van der Waals surface area contributed by atoms with Crippen LogP contribution in [0.25, 0.3) is 0 Å². The molecule has 2 aromatic rings. The molecule has 1 unspecified atom stereocenters. The maximum absolute atomic E-state index is 12.9. The second-order valence-electron chi connectivity index (χ2n) is 6.45. The van der Waals surface area contributed by atoms with Gasteiger partial charge in [0.05, 0.1) is 18.2 Å². The van der Waals surface area contributed by atoms with Crippen molar-refractivity contribution in [2.45, 2.75) is 38.4 Å². The highest BCUT2D eigenvalue weighted by molar-refractivity contribution is 7.09. The Balaban J connectivity index is 2.25. The van der Waals surface area contributed by atoms with Crippen LogP contribution in [-0.2, 0) is 16.3 Å². The molecule has 8 heteroatoms. The molecule has 1 aromatic carbocycles. The molecule has 2 rings (SSSR count). The Morgan fingerprint density at radius 3 is 2.50 bits per heavy atom. The van der Waals surface area contributed by atoms with Crippen LogP contribution in [0.3, 0.4) is 0 Å². The number of methoxy groups -OCH3 is 1. The van der Waals surface area contributed by atoms with E-state index in [0.29, 0.717) is 16.5 Å². The Hall–Kier alpha value is -1.67. The van der Waals surface area contributed by atoms with Gasteiger partial charge in [-0.2, -0.15) is 17.5 Å². The molecule has 0 saturated heterocycles. The van der Waals surface area contributed by atoms with Gasteiger partial charge in [0.1, 0.15) is 5.82 Å². The summed E-state index contributed by atoms with van der Waals surface area (Å²) in [5.41, 5.74) is -0.390. The average molecular weight is 359 g/mol. The lowest BCUT2D eigenvalue weighted by atomic mass is 9.96. The molecular formula is C16H20F3N3OS. The number of rotatable bonds is 5. The Morgan fingerprint density at radius 2 is 1.96 bits per heavy atom. The number of anilines is 1. The minimum Gasteiger partial charge on any atom is -0.382 e. The van der Waals surface area contributed by atoms with Gasteiger partial charge >= 0.3 is 6.18 Å². The zero-order valence-electron chi connectivity index (χ0n) is 13.9. The van der Waals surface area contributed by atoms with Crippen LogP contribution in [0.2, 0.25) is 0 Å². The molecule has 0 fully saturated rings. The largest absolute Gasteiger partial charge is 0.416 e. The molecule has 0 amide bonds. The van der Waals surface area contributed by atoms with Gasteiger partial charge < -0.3 is 10.1 Å². The van der Waals surface area contributed by atoms with Gasteiger partial charge in [-0.25, -0.2) is 4.98 Å². The predicted molar refractivity (Wildman–Crippen MR) is 88.3 cm³/mol. The highest BCUT2D eigenvalue weighted by atomic mass is 32.1. The molecular weight excluding hydrogens is 339 g/mol. The van der Waals surface area contributed by atoms with E-state index in [9.17, 15) is 13.2 Å². The molecule has 0 aliphatic carbocycles. The number of halogens is 3. The highest BCUT2D eigenvalue weighted by Crippen LogP contribution is 2.32. The minimum atomic E-state index is -4.38. The van der Waals surface area contributed by atoms with Gasteiger partial charge in [0.15, 0.2) is 0 Å². The number of ether oxygens (including phenoxy) is 1. The molecule has 132 valence electrons. The molecule has 1 heterocycles. The molecule has 0 spiro atoms. The molecule has 0 radical (unpaired) electrons. The first-order valence-corrected chi connectivity index (χ1v) is 8.15. The van der Waals surface area contributed by atoms with Crippen LogP contribution in [0.1, 0.15) is 43.8 Å². The van der Waals surface area contributed by atoms with Crippen molar-refractivity contribution in [1.29, 1.82) is 0 Å². The maximum Gasteiger partial charge on any atom is 0.416 e. The predicted octanol–water partition coefficient (Wildman–Crippen LogP) is 4.65. The van der Waals surface area contributed by atoms with Gasteiger partial charge in [-0.05, 0) is 17.7 Å². The average Bonchev–Trinajstić information content (AvgIpc) is 2.95. The zero-order chi connectivity index (χ0) is 18.0. The molecule has 24 heavy (non-hydrogen) atoms. The van der Waals surface area contributed by atoms with Gasteiger partial charge in [-0.3, -0.25) is 0 Å². The van der Waals surface area contributed by atoms with Crippen molar-refractivity contribution in [3.63, 3.8) is 0 Å². The van der Waals surface area contributed by atoms with Gasteiger partial charge in [-0.15, -0.1) is 0 Å². The topological polar surface area (TPSA) is 47.0 Å². The monoisotopic (exact) mass is 359 g/mol. The number of hydrogen-bond acceptors (Lipinski definition) is 5. The summed E-state index contributed by atoms with van der Waals surface area (Å²) in [4.78, 5) is 4.42. The second-order valence-corrected chi connectivity index (χ2v) is 7.20. The van der Waals surface area contributed by atoms with E-state index in [0.717, 1.165) is 12.1 Å². The van der Waals surface area contributed by atoms with Crippen molar-refractivity contribution in [3.8, 4) is 0 Å². The fourth-order valence-corrected chi connectivity index (χ4v) is 2.87. The maximum atomic E-state index is 12.9. The van der Waals surface area contributed by atoms with Crippen molar-refractivity contribution in [2.75, 3.05) is 19.0 Å². The smallest absolute Gasteiger partial charge is 0.382 e. The Labute approximate surface area is 143 Å². The van der Waals surface area contributed by atoms with E-state index in [-0.39, 0.29) is 12.0 Å². The lowest BCUT2D eigenvalue weighted by Crippen LogP contribution is -2.18. The van der Waals surface area contributed by atoms with Crippen LogP contribution in [0.15, 0.2) is 24.3 Å². The second kappa shape index (κ2) is 7.06. The number of alkyl halides is 3. The lowest BCUT2D eigenvalue weighted by Gasteiger charge is -2.19. The van der Waals surface area contributed by atoms with E-state index in [1.165, 1.54) is 24.7 Å². The Bertz CT molecular complexity index is 680. The van der Waals surface area contributed by atoms with Gasteiger partial charge in [0, 0.05) is 24.1 Å². The van der Waals surface area contributed by atoms with Crippen molar-refractivity contribution < 1.29 is 17.9 Å². The molecule has 4 nitrogen and oxygen atoms in total. The molecule has 0 aliphatic rings. The number of benzene rings is 1. The summed E-state index contributed by atoms with van der Waals surface area (Å²) < 4.78 is 48.2. The molecule has 0 saturated carbocycles. The summed E-state index contributed by atoms with van der Waals surface area (Å²) in [5, 5.41) is 3.67. The summed E-state index contributed by atoms with van der Waals surface area (Å²) in [6.07, 6.45) is -4.38. The Morgan fingerprint density at radius 1 is 1.25 bits per heavy atom. The summed E-state index contributed by atoms with van der Waals surface area (Å²) in [7, 11) is 1.50. The van der Waals surface area contributed by atoms with E-state index >= 15 is 0 Å². The fourth-order valence-electron chi connectivity index (χ4n) is 2.06. The summed E-state index contributed by atoms with van der Waals surface area (Å²) >= 11 is 1.19. The highest BCUT2D eigenvalue weighted by Gasteiger charge is 2.31. The van der Waals surface area contributed by atoms with Crippen molar-refractivity contribution >= 4 is 16.7 Å². The van der Waals surface area contributed by atoms with E-state index in [2.05, 4.69) is 14.7 Å². The SMILES string of the molecule is COCC(Nc1nc(C(C)(C)C)ns1)c1cccc(C(F)(F)F)c1. The molecule has 1 atom stereocenters. The minimum absolute atomic E-state index is 0.191. The normalized spacial score (nSPS) is 13.8. The van der Waals surface area contributed by atoms with Crippen LogP contribution >= 0.6 is 11.5 Å². The third-order valence-corrected chi connectivity index (χ3v) is 3.99. The van der Waals surface area contributed by atoms with Gasteiger partial charge in [-0.1, -0.05) is 32.9 Å². The van der Waals surface area contributed by atoms with Crippen molar-refractivity contribution in [3.05, 3.63) is 41.2 Å². The van der Waals surface area contributed by atoms with Crippen LogP contribution in [0.4, 0.5) is 18.3 Å². The third-order valence-electron chi connectivity index (χ3n) is 3.34. The molecule has 0 bridgehead atoms. The van der Waals surface area contributed by atoms with Crippen LogP contribution in [0.5, 0.6) is 0 Å². The third kappa shape index (κ3) is 4.67. The summed E-state index contributed by atoms with van der Waals surface area (Å²) in [6.45, 7) is 6.21. The van der Waals surface area contributed by atoms with Gasteiger partial charge in [0.2, 0.25) is 5.13 Å². The van der Waals surface area contributed by atoms with Crippen LogP contribution in [-0.4, -0.2) is 23.1 Å². The standard InChI is InChI=1S/C16H20F3N3OS/c1-15(2,3)13-21-14(24-22-13)20-12(9-23-4)10-6-5-7-11(8-10)16(17,18)19/h5-8,12H,9H2,1-4H3,(H,20,21,22). The van der Waals surface area contributed by atoms with E-state index in [1.54, 1.807) is 6.07 Å². The quantitative estimate of drug-likeness (QED) is 0.844. The fraction of sp³-hybridized carbons (Fsp3) is 0.500. The summed E-state index contributed by atoms with van der Waals surface area (Å²) in [5.74, 6) is 0.690. The zero-order valence-corrected chi connectivity index (χ0v) is 14.8. The van der Waals surface area contributed by atoms with Crippen molar-refractivity contribution in [1.82, 2.24) is 9.36 Å². The first-order chi connectivity index (χ1) is 11.1. The number of nitrogens with zero attached hydrogens (tertiary/aromatic N) is 2. The first-order valence-electron chi connectivity index (χ1n) is 7.38. The molecule has 1 aromatic heterocycles. The summed E-state index contributed by atoms with van der Waals surface area (Å²) in [6, 6.07) is 4.76. The van der Waals surface area contributed by atoms with Gasteiger partial charge in [0.25, 0.3) is 0 Å². The van der Waals surface area contributed by atoms with Crippen LogP contribution in [0, 0.1) is 0 Å². The van der Waals surface area contributed by atoms with E-state index in [1.807, 2.05) is 20.8 Å². The molecule has 0 aliphatic heterocycles. The number of aromatic nitrogens is 2.